The van der Waals surface area contributed by atoms with Crippen LogP contribution in [-0.4, -0.2) is 85.2 Å². The van der Waals surface area contributed by atoms with Crippen molar-refractivity contribution in [3.05, 3.63) is 0 Å². The van der Waals surface area contributed by atoms with Gasteiger partial charge >= 0.3 is 6.18 Å². The van der Waals surface area contributed by atoms with Gasteiger partial charge in [0.25, 0.3) is 5.79 Å². The number of hydrogen-bond donors (Lipinski definition) is 2. The number of fused-ring (bicyclic) bond motifs is 5. The topological polar surface area (TPSA) is 63.2 Å². The lowest BCUT2D eigenvalue weighted by atomic mass is 9.71. The van der Waals surface area contributed by atoms with Gasteiger partial charge in [-0.15, -0.1) is 0 Å². The van der Waals surface area contributed by atoms with Gasteiger partial charge in [-0.2, -0.15) is 13.2 Å². The van der Waals surface area contributed by atoms with E-state index in [0.717, 1.165) is 44.7 Å². The predicted molar refractivity (Wildman–Crippen MR) is 116 cm³/mol. The van der Waals surface area contributed by atoms with Crippen molar-refractivity contribution in [1.29, 1.82) is 0 Å². The third-order valence-corrected chi connectivity index (χ3v) is 9.12. The average Bonchev–Trinajstić information content (AvgIpc) is 2.82. The molecule has 6 aliphatic rings. The summed E-state index contributed by atoms with van der Waals surface area (Å²) in [5.41, 5.74) is -0.666. The van der Waals surface area contributed by atoms with Crippen LogP contribution in [0.25, 0.3) is 0 Å². The number of halogens is 3. The molecule has 0 amide bonds. The van der Waals surface area contributed by atoms with E-state index < -0.39 is 24.0 Å². The van der Waals surface area contributed by atoms with Gasteiger partial charge in [0.1, 0.15) is 0 Å². The summed E-state index contributed by atoms with van der Waals surface area (Å²) < 4.78 is 58.0. The molecule has 2 bridgehead atoms. The fourth-order valence-electron chi connectivity index (χ4n) is 7.11. The Kier molecular flexibility index (Phi) is 7.01. The standard InChI is InChI=1S/C24H39F3N2O4/c25-24(26,27)23(30)15-28-22(16-33-23)10-3-11-29-12-13-31-20-5-2-1-4-19(20)17-6-8-18(9-7-17)32-14-21(22)29/h17-21,28,30H,1-16H2/t17?,18?,19?,20?,21?,22-,23?/m1/s1. The Labute approximate surface area is 194 Å². The molecule has 2 N–H and O–H groups in total. The van der Waals surface area contributed by atoms with Crippen LogP contribution in [0, 0.1) is 11.8 Å². The molecule has 4 unspecified atom stereocenters. The molecule has 5 atom stereocenters. The Morgan fingerprint density at radius 3 is 2.45 bits per heavy atom. The molecule has 4 heterocycles. The number of piperidine rings is 1. The van der Waals surface area contributed by atoms with Crippen LogP contribution >= 0.6 is 0 Å². The number of nitrogens with zero attached hydrogens (tertiary/aromatic N) is 1. The summed E-state index contributed by atoms with van der Waals surface area (Å²) in [6, 6.07) is -0.117. The molecule has 0 aromatic heterocycles. The van der Waals surface area contributed by atoms with Gasteiger partial charge in [-0.25, -0.2) is 0 Å². The van der Waals surface area contributed by atoms with Crippen molar-refractivity contribution in [3.8, 4) is 0 Å². The van der Waals surface area contributed by atoms with Crippen LogP contribution in [0.5, 0.6) is 0 Å². The maximum atomic E-state index is 13.3. The third-order valence-electron chi connectivity index (χ3n) is 9.12. The zero-order valence-electron chi connectivity index (χ0n) is 19.5. The predicted octanol–water partition coefficient (Wildman–Crippen LogP) is 3.22. The Bertz CT molecular complexity index is 663. The molecule has 0 aromatic carbocycles. The first-order valence-electron chi connectivity index (χ1n) is 13.0. The van der Waals surface area contributed by atoms with E-state index in [1.54, 1.807) is 0 Å². The van der Waals surface area contributed by atoms with Crippen LogP contribution in [-0.2, 0) is 14.2 Å². The van der Waals surface area contributed by atoms with Crippen LogP contribution in [0.1, 0.15) is 64.2 Å². The van der Waals surface area contributed by atoms with E-state index >= 15 is 0 Å². The van der Waals surface area contributed by atoms with E-state index in [-0.39, 0.29) is 18.8 Å². The van der Waals surface area contributed by atoms with Crippen LogP contribution in [0.3, 0.4) is 0 Å². The van der Waals surface area contributed by atoms with Crippen molar-refractivity contribution in [2.45, 2.75) is 100.0 Å². The molecule has 2 aliphatic carbocycles. The monoisotopic (exact) mass is 476 g/mol. The van der Waals surface area contributed by atoms with Crippen molar-refractivity contribution in [3.63, 3.8) is 0 Å². The summed E-state index contributed by atoms with van der Waals surface area (Å²) in [5.74, 6) is -1.77. The maximum Gasteiger partial charge on any atom is 0.444 e. The molecule has 33 heavy (non-hydrogen) atoms. The van der Waals surface area contributed by atoms with Gasteiger partial charge in [-0.1, -0.05) is 12.8 Å². The summed E-state index contributed by atoms with van der Waals surface area (Å²) in [4.78, 5) is 2.32. The fraction of sp³-hybridized carbons (Fsp3) is 1.00. The molecule has 4 saturated heterocycles. The summed E-state index contributed by atoms with van der Waals surface area (Å²) in [6.45, 7) is 1.85. The zero-order valence-corrected chi connectivity index (χ0v) is 19.5. The van der Waals surface area contributed by atoms with Gasteiger partial charge < -0.3 is 24.6 Å². The van der Waals surface area contributed by atoms with E-state index in [1.165, 1.54) is 32.1 Å². The number of alkyl halides is 3. The second-order valence-electron chi connectivity index (χ2n) is 11.0. The number of nitrogens with one attached hydrogen (secondary N) is 1. The first-order chi connectivity index (χ1) is 15.8. The highest BCUT2D eigenvalue weighted by Gasteiger charge is 2.61. The minimum absolute atomic E-state index is 0.117. The quantitative estimate of drug-likeness (QED) is 0.560. The lowest BCUT2D eigenvalue weighted by Gasteiger charge is -2.54. The zero-order chi connectivity index (χ0) is 23.1. The smallest absolute Gasteiger partial charge is 0.377 e. The Balaban J connectivity index is 1.33. The molecule has 9 heteroatoms. The van der Waals surface area contributed by atoms with E-state index in [9.17, 15) is 18.3 Å². The van der Waals surface area contributed by atoms with Crippen LogP contribution in [0.15, 0.2) is 0 Å². The van der Waals surface area contributed by atoms with Crippen molar-refractivity contribution < 1.29 is 32.5 Å². The molecule has 2 saturated carbocycles. The minimum Gasteiger partial charge on any atom is -0.377 e. The number of morpholine rings is 1. The lowest BCUT2D eigenvalue weighted by molar-refractivity contribution is -0.380. The minimum atomic E-state index is -4.83. The van der Waals surface area contributed by atoms with Gasteiger partial charge in [0.05, 0.1) is 50.2 Å². The van der Waals surface area contributed by atoms with Gasteiger partial charge in [-0.05, 0) is 69.7 Å². The highest BCUT2D eigenvalue weighted by Crippen LogP contribution is 2.42. The highest BCUT2D eigenvalue weighted by molar-refractivity contribution is 5.07. The van der Waals surface area contributed by atoms with E-state index in [0.29, 0.717) is 31.7 Å². The molecule has 190 valence electrons. The normalized spacial score (nSPS) is 46.0. The largest absolute Gasteiger partial charge is 0.444 e. The second kappa shape index (κ2) is 9.54. The van der Waals surface area contributed by atoms with Crippen LogP contribution < -0.4 is 5.32 Å². The Morgan fingerprint density at radius 1 is 0.939 bits per heavy atom. The summed E-state index contributed by atoms with van der Waals surface area (Å²) in [6.07, 6.45) is 6.64. The first kappa shape index (κ1) is 24.3. The molecule has 6 nitrogen and oxygen atoms in total. The Morgan fingerprint density at radius 2 is 1.73 bits per heavy atom. The van der Waals surface area contributed by atoms with Gasteiger partial charge in [-0.3, -0.25) is 4.90 Å². The fourth-order valence-corrected chi connectivity index (χ4v) is 7.11. The first-order valence-corrected chi connectivity index (χ1v) is 13.0. The molecule has 6 fully saturated rings. The molecule has 0 aromatic rings. The van der Waals surface area contributed by atoms with Gasteiger partial charge in [0, 0.05) is 6.54 Å². The maximum absolute atomic E-state index is 13.3. The third kappa shape index (κ3) is 4.83. The van der Waals surface area contributed by atoms with E-state index in [4.69, 9.17) is 14.2 Å². The van der Waals surface area contributed by atoms with Gasteiger partial charge in [0.2, 0.25) is 0 Å². The summed E-state index contributed by atoms with van der Waals surface area (Å²) in [7, 11) is 0. The number of rotatable bonds is 0. The second-order valence-corrected chi connectivity index (χ2v) is 11.0. The molecular weight excluding hydrogens is 437 g/mol. The Hall–Kier alpha value is -0.450. The highest BCUT2D eigenvalue weighted by atomic mass is 19.4. The number of hydrogen-bond acceptors (Lipinski definition) is 6. The number of aliphatic hydroxyl groups is 1. The number of β-amino-alcohol motifs (C(OH)–C–C–N with tert-alkyl or cyclic N) is 1. The van der Waals surface area contributed by atoms with E-state index in [2.05, 4.69) is 10.2 Å². The lowest BCUT2D eigenvalue weighted by Crippen LogP contribution is -2.75. The average molecular weight is 477 g/mol. The van der Waals surface area contributed by atoms with E-state index in [1.807, 2.05) is 0 Å². The molecule has 0 radical (unpaired) electrons. The molecule has 1 spiro atoms. The van der Waals surface area contributed by atoms with Crippen molar-refractivity contribution in [2.75, 3.05) is 39.5 Å². The summed E-state index contributed by atoms with van der Waals surface area (Å²) >= 11 is 0. The summed E-state index contributed by atoms with van der Waals surface area (Å²) in [5, 5.41) is 13.1. The van der Waals surface area contributed by atoms with Crippen molar-refractivity contribution >= 4 is 0 Å². The van der Waals surface area contributed by atoms with Crippen molar-refractivity contribution in [2.24, 2.45) is 11.8 Å². The number of ether oxygens (including phenoxy) is 3. The SMILES string of the molecule is OC1(C(F)(F)F)CN[C@]2(CCCN3CCOC4CCCCC4C4CCC(CC4)OCC32)CO1. The molecule has 4 aliphatic heterocycles. The van der Waals surface area contributed by atoms with Crippen molar-refractivity contribution in [1.82, 2.24) is 10.2 Å². The molecule has 6 rings (SSSR count). The molecular formula is C24H39F3N2O4. The van der Waals surface area contributed by atoms with Crippen LogP contribution in [0.4, 0.5) is 13.2 Å². The van der Waals surface area contributed by atoms with Gasteiger partial charge in [0.15, 0.2) is 0 Å². The van der Waals surface area contributed by atoms with Crippen LogP contribution in [0.2, 0.25) is 0 Å².